The zero-order valence-corrected chi connectivity index (χ0v) is 15.4. The van der Waals surface area contributed by atoms with Gasteiger partial charge in [0.2, 0.25) is 5.95 Å². The van der Waals surface area contributed by atoms with Gasteiger partial charge in [-0.3, -0.25) is 9.48 Å². The minimum Gasteiger partial charge on any atom is -0.369 e. The van der Waals surface area contributed by atoms with Crippen molar-refractivity contribution in [2.75, 3.05) is 17.2 Å². The molecule has 1 aliphatic rings. The van der Waals surface area contributed by atoms with Crippen molar-refractivity contribution in [1.82, 2.24) is 19.7 Å². The van der Waals surface area contributed by atoms with E-state index in [0.29, 0.717) is 17.7 Å². The highest BCUT2D eigenvalue weighted by Gasteiger charge is 2.17. The van der Waals surface area contributed by atoms with Crippen LogP contribution in [0.3, 0.4) is 0 Å². The van der Waals surface area contributed by atoms with Gasteiger partial charge in [-0.2, -0.15) is 10.1 Å². The summed E-state index contributed by atoms with van der Waals surface area (Å²) in [6.07, 6.45) is 11.4. The summed E-state index contributed by atoms with van der Waals surface area (Å²) in [6.45, 7) is 6.94. The molecule has 0 unspecified atom stereocenters. The van der Waals surface area contributed by atoms with Crippen LogP contribution >= 0.6 is 0 Å². The highest BCUT2D eigenvalue weighted by molar-refractivity contribution is 5.97. The Morgan fingerprint density at radius 1 is 1.31 bits per heavy atom. The van der Waals surface area contributed by atoms with Crippen molar-refractivity contribution in [3.63, 3.8) is 0 Å². The Morgan fingerprint density at radius 3 is 2.65 bits per heavy atom. The van der Waals surface area contributed by atoms with Crippen LogP contribution in [0.1, 0.15) is 44.0 Å². The third-order valence-corrected chi connectivity index (χ3v) is 4.24. The number of nitrogens with zero attached hydrogens (tertiary/aromatic N) is 4. The molecule has 0 bridgehead atoms. The molecule has 0 aliphatic heterocycles. The summed E-state index contributed by atoms with van der Waals surface area (Å²) in [4.78, 5) is 20.3. The molecule has 8 heteroatoms. The summed E-state index contributed by atoms with van der Waals surface area (Å²) in [5.41, 5.74) is 6.39. The number of hydrogen-bond acceptors (Lipinski definition) is 6. The van der Waals surface area contributed by atoms with E-state index in [1.165, 1.54) is 6.20 Å². The largest absolute Gasteiger partial charge is 0.369 e. The van der Waals surface area contributed by atoms with E-state index in [2.05, 4.69) is 58.6 Å². The summed E-state index contributed by atoms with van der Waals surface area (Å²) >= 11 is 0. The lowest BCUT2D eigenvalue weighted by atomic mass is 10.1. The number of primary amides is 1. The number of allylic oxidation sites excluding steroid dienone is 2. The van der Waals surface area contributed by atoms with Crippen molar-refractivity contribution in [3.8, 4) is 0 Å². The summed E-state index contributed by atoms with van der Waals surface area (Å²) in [6, 6.07) is 0. The zero-order valence-electron chi connectivity index (χ0n) is 15.4. The number of carbonyl (C=O) groups excluding carboxylic acids is 1. The molecule has 138 valence electrons. The molecule has 2 heterocycles. The Kier molecular flexibility index (Phi) is 4.92. The first-order valence-corrected chi connectivity index (χ1v) is 8.71. The van der Waals surface area contributed by atoms with Crippen LogP contribution in [0.15, 0.2) is 30.7 Å². The molecule has 26 heavy (non-hydrogen) atoms. The van der Waals surface area contributed by atoms with Gasteiger partial charge in [0.1, 0.15) is 5.82 Å². The number of aromatic nitrogens is 4. The first-order valence-electron chi connectivity index (χ1n) is 8.71. The molecule has 2 aromatic rings. The Hall–Kier alpha value is -2.90. The maximum Gasteiger partial charge on any atom is 0.254 e. The van der Waals surface area contributed by atoms with E-state index in [4.69, 9.17) is 5.73 Å². The fraction of sp³-hybridized carbons (Fsp3) is 0.444. The van der Waals surface area contributed by atoms with Gasteiger partial charge in [0.15, 0.2) is 0 Å². The topological polar surface area (TPSA) is 111 Å². The Labute approximate surface area is 152 Å². The molecule has 1 amide bonds. The van der Waals surface area contributed by atoms with Crippen molar-refractivity contribution in [1.29, 1.82) is 0 Å². The molecular formula is C18H25N7O. The van der Waals surface area contributed by atoms with Gasteiger partial charge in [0, 0.05) is 18.9 Å². The smallest absolute Gasteiger partial charge is 0.254 e. The van der Waals surface area contributed by atoms with E-state index in [9.17, 15) is 4.79 Å². The molecule has 8 nitrogen and oxygen atoms in total. The second kappa shape index (κ2) is 7.15. The van der Waals surface area contributed by atoms with E-state index >= 15 is 0 Å². The minimum atomic E-state index is -0.552. The van der Waals surface area contributed by atoms with Crippen LogP contribution in [-0.4, -0.2) is 32.2 Å². The van der Waals surface area contributed by atoms with Gasteiger partial charge >= 0.3 is 0 Å². The summed E-state index contributed by atoms with van der Waals surface area (Å²) < 4.78 is 1.86. The van der Waals surface area contributed by atoms with E-state index in [-0.39, 0.29) is 11.1 Å². The predicted molar refractivity (Wildman–Crippen MR) is 101 cm³/mol. The number of nitrogens with one attached hydrogen (secondary N) is 2. The fourth-order valence-electron chi connectivity index (χ4n) is 2.72. The number of amides is 1. The highest BCUT2D eigenvalue weighted by atomic mass is 16.1. The molecule has 0 saturated heterocycles. The van der Waals surface area contributed by atoms with Crippen molar-refractivity contribution in [2.45, 2.75) is 39.2 Å². The molecule has 4 N–H and O–H groups in total. The quantitative estimate of drug-likeness (QED) is 0.687. The van der Waals surface area contributed by atoms with Gasteiger partial charge in [-0.05, 0) is 39.5 Å². The molecule has 0 radical (unpaired) electrons. The van der Waals surface area contributed by atoms with Crippen molar-refractivity contribution < 1.29 is 4.79 Å². The molecule has 1 aliphatic carbocycles. The van der Waals surface area contributed by atoms with Crippen molar-refractivity contribution in [3.05, 3.63) is 36.3 Å². The molecule has 2 aromatic heterocycles. The van der Waals surface area contributed by atoms with Gasteiger partial charge in [-0.15, -0.1) is 0 Å². The van der Waals surface area contributed by atoms with Crippen LogP contribution < -0.4 is 16.4 Å². The fourth-order valence-corrected chi connectivity index (χ4v) is 2.72. The van der Waals surface area contributed by atoms with E-state index in [0.717, 1.165) is 25.1 Å². The number of rotatable bonds is 6. The summed E-state index contributed by atoms with van der Waals surface area (Å²) in [7, 11) is 0. The van der Waals surface area contributed by atoms with E-state index in [1.54, 1.807) is 6.20 Å². The van der Waals surface area contributed by atoms with Crippen LogP contribution in [0.2, 0.25) is 0 Å². The van der Waals surface area contributed by atoms with E-state index in [1.807, 2.05) is 10.9 Å². The number of anilines is 3. The predicted octanol–water partition coefficient (Wildman–Crippen LogP) is 2.65. The standard InChI is InChI=1S/C18H25N7O/c1-18(2,3)25-11-13(9-22-25)23-17-21-10-14(15(19)26)16(24-17)20-8-12-6-4-5-7-12/h4-5,9-12H,6-8H2,1-3H3,(H2,19,26)(H2,20,21,23,24). The molecule has 3 rings (SSSR count). The van der Waals surface area contributed by atoms with Crippen LogP contribution in [0.5, 0.6) is 0 Å². The van der Waals surface area contributed by atoms with Crippen LogP contribution in [0, 0.1) is 5.92 Å². The number of hydrogen-bond donors (Lipinski definition) is 3. The average Bonchev–Trinajstić information content (AvgIpc) is 3.24. The summed E-state index contributed by atoms with van der Waals surface area (Å²) in [5, 5.41) is 10.7. The SMILES string of the molecule is CC(C)(C)n1cc(Nc2ncc(C(N)=O)c(NCC3CC=CC3)n2)cn1. The van der Waals surface area contributed by atoms with Crippen LogP contribution in [-0.2, 0) is 5.54 Å². The lowest BCUT2D eigenvalue weighted by Gasteiger charge is -2.18. The van der Waals surface area contributed by atoms with Crippen molar-refractivity contribution in [2.24, 2.45) is 11.7 Å². The molecule has 0 atom stereocenters. The van der Waals surface area contributed by atoms with Crippen LogP contribution in [0.4, 0.5) is 17.5 Å². The lowest BCUT2D eigenvalue weighted by molar-refractivity contribution is 0.100. The lowest BCUT2D eigenvalue weighted by Crippen LogP contribution is -2.21. The Morgan fingerprint density at radius 2 is 2.04 bits per heavy atom. The second-order valence-corrected chi connectivity index (χ2v) is 7.48. The number of carbonyl (C=O) groups is 1. The minimum absolute atomic E-state index is 0.112. The van der Waals surface area contributed by atoms with E-state index < -0.39 is 5.91 Å². The maximum absolute atomic E-state index is 11.7. The monoisotopic (exact) mass is 355 g/mol. The van der Waals surface area contributed by atoms with Crippen LogP contribution in [0.25, 0.3) is 0 Å². The molecular weight excluding hydrogens is 330 g/mol. The molecule has 0 spiro atoms. The maximum atomic E-state index is 11.7. The third kappa shape index (κ3) is 4.19. The summed E-state index contributed by atoms with van der Waals surface area (Å²) in [5.74, 6) is 0.789. The van der Waals surface area contributed by atoms with Gasteiger partial charge in [0.25, 0.3) is 5.91 Å². The number of nitrogens with two attached hydrogens (primary N) is 1. The first kappa shape index (κ1) is 17.9. The Bertz CT molecular complexity index is 811. The van der Waals surface area contributed by atoms with Gasteiger partial charge in [0.05, 0.1) is 23.0 Å². The normalized spacial score (nSPS) is 14.6. The average molecular weight is 355 g/mol. The zero-order chi connectivity index (χ0) is 18.7. The first-order chi connectivity index (χ1) is 12.3. The molecule has 0 fully saturated rings. The van der Waals surface area contributed by atoms with Gasteiger partial charge in [-0.25, -0.2) is 4.98 Å². The highest BCUT2D eigenvalue weighted by Crippen LogP contribution is 2.22. The Balaban J connectivity index is 1.76. The molecule has 0 saturated carbocycles. The van der Waals surface area contributed by atoms with Gasteiger partial charge in [-0.1, -0.05) is 12.2 Å². The second-order valence-electron chi connectivity index (χ2n) is 7.48. The molecule has 0 aromatic carbocycles. The van der Waals surface area contributed by atoms with Gasteiger partial charge < -0.3 is 16.4 Å². The third-order valence-electron chi connectivity index (χ3n) is 4.24. The van der Waals surface area contributed by atoms with Crippen molar-refractivity contribution >= 4 is 23.4 Å².